The van der Waals surface area contributed by atoms with Crippen LogP contribution in [0.4, 0.5) is 0 Å². The maximum absolute atomic E-state index is 12.3. The third kappa shape index (κ3) is 2.86. The van der Waals surface area contributed by atoms with E-state index in [2.05, 4.69) is 17.5 Å². The number of hydrogen-bond acceptors (Lipinski definition) is 3. The molecule has 0 aliphatic heterocycles. The first-order valence-corrected chi connectivity index (χ1v) is 7.71. The Morgan fingerprint density at radius 2 is 2.27 bits per heavy atom. The van der Waals surface area contributed by atoms with Gasteiger partial charge in [0.05, 0.1) is 13.2 Å². The second kappa shape index (κ2) is 6.26. The van der Waals surface area contributed by atoms with E-state index in [9.17, 15) is 4.79 Å². The van der Waals surface area contributed by atoms with Crippen molar-refractivity contribution in [1.29, 1.82) is 0 Å². The van der Waals surface area contributed by atoms with Gasteiger partial charge in [-0.05, 0) is 38.3 Å². The first kappa shape index (κ1) is 14.7. The summed E-state index contributed by atoms with van der Waals surface area (Å²) in [6.07, 6.45) is 6.95. The zero-order valence-corrected chi connectivity index (χ0v) is 13.0. The lowest BCUT2D eigenvalue weighted by Gasteiger charge is -2.19. The minimum atomic E-state index is -0.157. The van der Waals surface area contributed by atoms with E-state index in [1.807, 2.05) is 31.2 Å². The van der Waals surface area contributed by atoms with Crippen LogP contribution in [0.3, 0.4) is 0 Å². The number of furan rings is 1. The molecule has 1 heterocycles. The van der Waals surface area contributed by atoms with Crippen molar-refractivity contribution >= 4 is 16.9 Å². The van der Waals surface area contributed by atoms with E-state index >= 15 is 0 Å². The Bertz CT molecular complexity index is 701. The molecule has 0 fully saturated rings. The van der Waals surface area contributed by atoms with Crippen molar-refractivity contribution in [2.24, 2.45) is 5.92 Å². The van der Waals surface area contributed by atoms with Crippen molar-refractivity contribution in [1.82, 2.24) is 5.32 Å². The molecule has 2 aromatic rings. The molecule has 1 aromatic carbocycles. The van der Waals surface area contributed by atoms with E-state index in [1.54, 1.807) is 7.11 Å². The summed E-state index contributed by atoms with van der Waals surface area (Å²) < 4.78 is 11.2. The lowest BCUT2D eigenvalue weighted by Crippen LogP contribution is -2.33. The van der Waals surface area contributed by atoms with Gasteiger partial charge < -0.3 is 14.5 Å². The molecule has 2 unspecified atom stereocenters. The molecule has 1 aliphatic carbocycles. The standard InChI is InChI=1S/C18H21NO3/c1-12(19-18(20)13-7-4-3-5-8-13)16-11-14-9-6-10-15(21-2)17(14)22-16/h3-4,6,9-13H,5,7-8H2,1-2H3,(H,19,20). The number of ether oxygens (including phenoxy) is 1. The van der Waals surface area contributed by atoms with Crippen LogP contribution < -0.4 is 10.1 Å². The van der Waals surface area contributed by atoms with Crippen LogP contribution in [-0.4, -0.2) is 13.0 Å². The van der Waals surface area contributed by atoms with Crippen LogP contribution in [0, 0.1) is 5.92 Å². The van der Waals surface area contributed by atoms with Crippen LogP contribution in [0.15, 0.2) is 40.8 Å². The van der Waals surface area contributed by atoms with Crippen LogP contribution in [0.2, 0.25) is 0 Å². The number of para-hydroxylation sites is 1. The normalized spacial score (nSPS) is 19.1. The van der Waals surface area contributed by atoms with Gasteiger partial charge in [-0.1, -0.05) is 24.3 Å². The number of allylic oxidation sites excluding steroid dienone is 2. The maximum Gasteiger partial charge on any atom is 0.224 e. The molecule has 4 nitrogen and oxygen atoms in total. The molecular formula is C18H21NO3. The maximum atomic E-state index is 12.3. The number of nitrogens with one attached hydrogen (secondary N) is 1. The topological polar surface area (TPSA) is 51.5 Å². The van der Waals surface area contributed by atoms with Gasteiger partial charge in [0.25, 0.3) is 0 Å². The van der Waals surface area contributed by atoms with E-state index in [-0.39, 0.29) is 17.9 Å². The Morgan fingerprint density at radius 3 is 3.00 bits per heavy atom. The van der Waals surface area contributed by atoms with Crippen molar-refractivity contribution < 1.29 is 13.9 Å². The summed E-state index contributed by atoms with van der Waals surface area (Å²) in [7, 11) is 1.62. The van der Waals surface area contributed by atoms with Crippen LogP contribution in [0.25, 0.3) is 11.0 Å². The smallest absolute Gasteiger partial charge is 0.224 e. The molecule has 116 valence electrons. The van der Waals surface area contributed by atoms with Crippen LogP contribution in [-0.2, 0) is 4.79 Å². The SMILES string of the molecule is COc1cccc2cc(C(C)NC(=O)C3CC=CCC3)oc12. The number of rotatable bonds is 4. The second-order valence-corrected chi connectivity index (χ2v) is 5.74. The Hall–Kier alpha value is -2.23. The molecule has 4 heteroatoms. The van der Waals surface area contributed by atoms with Gasteiger partial charge in [0, 0.05) is 11.3 Å². The summed E-state index contributed by atoms with van der Waals surface area (Å²) in [5.74, 6) is 1.63. The number of hydrogen-bond donors (Lipinski definition) is 1. The summed E-state index contributed by atoms with van der Waals surface area (Å²) >= 11 is 0. The average Bonchev–Trinajstić information content (AvgIpc) is 2.99. The summed E-state index contributed by atoms with van der Waals surface area (Å²) in [4.78, 5) is 12.3. The molecule has 0 bridgehead atoms. The zero-order valence-electron chi connectivity index (χ0n) is 13.0. The van der Waals surface area contributed by atoms with Crippen molar-refractivity contribution in [3.63, 3.8) is 0 Å². The minimum Gasteiger partial charge on any atom is -0.493 e. The molecule has 0 saturated carbocycles. The van der Waals surface area contributed by atoms with Gasteiger partial charge in [-0.3, -0.25) is 4.79 Å². The Balaban J connectivity index is 1.75. The highest BCUT2D eigenvalue weighted by molar-refractivity contribution is 5.84. The predicted molar refractivity (Wildman–Crippen MR) is 85.8 cm³/mol. The summed E-state index contributed by atoms with van der Waals surface area (Å²) in [5.41, 5.74) is 0.724. The van der Waals surface area contributed by atoms with E-state index in [4.69, 9.17) is 9.15 Å². The van der Waals surface area contributed by atoms with Crippen LogP contribution >= 0.6 is 0 Å². The predicted octanol–water partition coefficient (Wildman–Crippen LogP) is 3.97. The largest absolute Gasteiger partial charge is 0.493 e. The molecule has 22 heavy (non-hydrogen) atoms. The Morgan fingerprint density at radius 1 is 1.41 bits per heavy atom. The number of carbonyl (C=O) groups is 1. The number of benzene rings is 1. The van der Waals surface area contributed by atoms with E-state index in [0.29, 0.717) is 5.75 Å². The highest BCUT2D eigenvalue weighted by Gasteiger charge is 2.22. The molecule has 1 aromatic heterocycles. The van der Waals surface area contributed by atoms with Crippen molar-refractivity contribution in [2.45, 2.75) is 32.2 Å². The van der Waals surface area contributed by atoms with Gasteiger partial charge in [-0.25, -0.2) is 0 Å². The quantitative estimate of drug-likeness (QED) is 0.869. The third-order valence-corrected chi connectivity index (χ3v) is 4.17. The van der Waals surface area contributed by atoms with E-state index in [1.165, 1.54) is 0 Å². The van der Waals surface area contributed by atoms with Crippen LogP contribution in [0.1, 0.15) is 38.0 Å². The van der Waals surface area contributed by atoms with Gasteiger partial charge in [-0.2, -0.15) is 0 Å². The molecule has 1 N–H and O–H groups in total. The first-order valence-electron chi connectivity index (χ1n) is 7.71. The molecule has 0 saturated heterocycles. The van der Waals surface area contributed by atoms with Gasteiger partial charge in [-0.15, -0.1) is 0 Å². The Kier molecular flexibility index (Phi) is 4.18. The van der Waals surface area contributed by atoms with Gasteiger partial charge in [0.15, 0.2) is 11.3 Å². The van der Waals surface area contributed by atoms with E-state index in [0.717, 1.165) is 36.0 Å². The molecule has 2 atom stereocenters. The van der Waals surface area contributed by atoms with E-state index < -0.39 is 0 Å². The fourth-order valence-corrected chi connectivity index (χ4v) is 2.86. The monoisotopic (exact) mass is 299 g/mol. The summed E-state index contributed by atoms with van der Waals surface area (Å²) in [6.45, 7) is 1.95. The number of fused-ring (bicyclic) bond motifs is 1. The first-order chi connectivity index (χ1) is 10.7. The second-order valence-electron chi connectivity index (χ2n) is 5.74. The number of amides is 1. The molecule has 1 amide bonds. The summed E-state index contributed by atoms with van der Waals surface area (Å²) in [6, 6.07) is 7.58. The van der Waals surface area contributed by atoms with Crippen molar-refractivity contribution in [3.8, 4) is 5.75 Å². The fourth-order valence-electron chi connectivity index (χ4n) is 2.86. The minimum absolute atomic E-state index is 0.0753. The highest BCUT2D eigenvalue weighted by atomic mass is 16.5. The van der Waals surface area contributed by atoms with Gasteiger partial charge in [0.1, 0.15) is 5.76 Å². The van der Waals surface area contributed by atoms with Crippen molar-refractivity contribution in [3.05, 3.63) is 42.2 Å². The lowest BCUT2D eigenvalue weighted by atomic mass is 9.93. The molecular weight excluding hydrogens is 278 g/mol. The zero-order chi connectivity index (χ0) is 15.5. The highest BCUT2D eigenvalue weighted by Crippen LogP contribution is 2.31. The fraction of sp³-hybridized carbons (Fsp3) is 0.389. The molecule has 3 rings (SSSR count). The number of methoxy groups -OCH3 is 1. The third-order valence-electron chi connectivity index (χ3n) is 4.17. The lowest BCUT2D eigenvalue weighted by molar-refractivity contribution is -0.126. The Labute approximate surface area is 130 Å². The van der Waals surface area contributed by atoms with Crippen molar-refractivity contribution in [2.75, 3.05) is 7.11 Å². The molecule has 1 aliphatic rings. The van der Waals surface area contributed by atoms with Crippen LogP contribution in [0.5, 0.6) is 5.75 Å². The number of carbonyl (C=O) groups excluding carboxylic acids is 1. The molecule has 0 spiro atoms. The van der Waals surface area contributed by atoms with Gasteiger partial charge in [0.2, 0.25) is 5.91 Å². The van der Waals surface area contributed by atoms with Gasteiger partial charge >= 0.3 is 0 Å². The average molecular weight is 299 g/mol. The molecule has 0 radical (unpaired) electrons. The summed E-state index contributed by atoms with van der Waals surface area (Å²) in [5, 5.41) is 4.04.